The molecule has 3 N–H and O–H groups in total. The van der Waals surface area contributed by atoms with Crippen LogP contribution in [0.4, 0.5) is 0 Å². The van der Waals surface area contributed by atoms with Gasteiger partial charge in [-0.1, -0.05) is 30.3 Å². The van der Waals surface area contributed by atoms with Gasteiger partial charge in [0.15, 0.2) is 0 Å². The summed E-state index contributed by atoms with van der Waals surface area (Å²) in [6.45, 7) is 3.71. The largest absolute Gasteiger partial charge is 0.329 e. The molecule has 2 nitrogen and oxygen atoms in total. The van der Waals surface area contributed by atoms with Crippen molar-refractivity contribution in [3.8, 4) is 0 Å². The maximum absolute atomic E-state index is 5.39. The highest BCUT2D eigenvalue weighted by molar-refractivity contribution is 5.17. The van der Waals surface area contributed by atoms with E-state index in [4.69, 9.17) is 5.73 Å². The van der Waals surface area contributed by atoms with Crippen LogP contribution in [0.2, 0.25) is 0 Å². The summed E-state index contributed by atoms with van der Waals surface area (Å²) in [5.74, 6) is 0. The van der Waals surface area contributed by atoms with E-state index in [0.29, 0.717) is 12.6 Å². The lowest BCUT2D eigenvalue weighted by Crippen LogP contribution is -2.25. The summed E-state index contributed by atoms with van der Waals surface area (Å²) in [6, 6.07) is 10.8. The molecule has 0 heterocycles. The highest BCUT2D eigenvalue weighted by Gasteiger charge is 2.00. The van der Waals surface area contributed by atoms with Gasteiger partial charge in [-0.05, 0) is 12.5 Å². The fourth-order valence-corrected chi connectivity index (χ4v) is 1.16. The quantitative estimate of drug-likeness (QED) is 0.704. The number of nitrogens with one attached hydrogen (secondary N) is 1. The van der Waals surface area contributed by atoms with Crippen molar-refractivity contribution in [1.82, 2.24) is 5.32 Å². The molecular formula is C10H16N2. The van der Waals surface area contributed by atoms with Crippen molar-refractivity contribution < 1.29 is 0 Å². The number of rotatable bonds is 4. The zero-order valence-electron chi connectivity index (χ0n) is 7.46. The Balaban J connectivity index is 2.48. The molecule has 2 heteroatoms. The summed E-state index contributed by atoms with van der Waals surface area (Å²) >= 11 is 0. The monoisotopic (exact) mass is 164 g/mol. The first-order valence-corrected chi connectivity index (χ1v) is 4.33. The molecule has 0 aliphatic carbocycles. The van der Waals surface area contributed by atoms with Gasteiger partial charge in [-0.15, -0.1) is 0 Å². The lowest BCUT2D eigenvalue weighted by Gasteiger charge is -2.12. The van der Waals surface area contributed by atoms with Crippen LogP contribution in [0.15, 0.2) is 30.3 Å². The second kappa shape index (κ2) is 4.91. The third-order valence-corrected chi connectivity index (χ3v) is 1.89. The number of hydrogen-bond acceptors (Lipinski definition) is 2. The van der Waals surface area contributed by atoms with Gasteiger partial charge in [0.2, 0.25) is 0 Å². The Morgan fingerprint density at radius 1 is 1.33 bits per heavy atom. The molecule has 0 saturated heterocycles. The third-order valence-electron chi connectivity index (χ3n) is 1.89. The van der Waals surface area contributed by atoms with Crippen LogP contribution in [0.5, 0.6) is 0 Å². The first-order chi connectivity index (χ1) is 5.84. The van der Waals surface area contributed by atoms with Gasteiger partial charge in [0.25, 0.3) is 0 Å². The highest BCUT2D eigenvalue weighted by Crippen LogP contribution is 2.09. The summed E-state index contributed by atoms with van der Waals surface area (Å²) in [6.07, 6.45) is 0. The van der Waals surface area contributed by atoms with Crippen LogP contribution in [0.1, 0.15) is 18.5 Å². The normalized spacial score (nSPS) is 12.8. The lowest BCUT2D eigenvalue weighted by molar-refractivity contribution is 0.582. The lowest BCUT2D eigenvalue weighted by atomic mass is 10.1. The first-order valence-electron chi connectivity index (χ1n) is 4.33. The van der Waals surface area contributed by atoms with Crippen LogP contribution in [-0.2, 0) is 0 Å². The van der Waals surface area contributed by atoms with Crippen molar-refractivity contribution in [3.63, 3.8) is 0 Å². The van der Waals surface area contributed by atoms with Gasteiger partial charge in [-0.3, -0.25) is 0 Å². The predicted octanol–water partition coefficient (Wildman–Crippen LogP) is 1.30. The van der Waals surface area contributed by atoms with Crippen LogP contribution in [-0.4, -0.2) is 13.1 Å². The molecule has 0 radical (unpaired) electrons. The summed E-state index contributed by atoms with van der Waals surface area (Å²) in [5.41, 5.74) is 6.70. The van der Waals surface area contributed by atoms with Gasteiger partial charge in [-0.2, -0.15) is 0 Å². The summed E-state index contributed by atoms with van der Waals surface area (Å²) in [4.78, 5) is 0. The van der Waals surface area contributed by atoms with Crippen LogP contribution in [0.3, 0.4) is 0 Å². The molecule has 0 bridgehead atoms. The molecule has 0 saturated carbocycles. The Kier molecular flexibility index (Phi) is 3.77. The van der Waals surface area contributed by atoms with Gasteiger partial charge < -0.3 is 11.1 Å². The van der Waals surface area contributed by atoms with Crippen molar-refractivity contribution in [2.24, 2.45) is 5.73 Å². The minimum Gasteiger partial charge on any atom is -0.329 e. The van der Waals surface area contributed by atoms with E-state index in [1.807, 2.05) is 6.07 Å². The van der Waals surface area contributed by atoms with E-state index in [1.165, 1.54) is 5.56 Å². The molecule has 0 aliphatic heterocycles. The van der Waals surface area contributed by atoms with Crippen molar-refractivity contribution in [2.75, 3.05) is 13.1 Å². The van der Waals surface area contributed by atoms with Crippen molar-refractivity contribution in [1.29, 1.82) is 0 Å². The Hall–Kier alpha value is -0.860. The van der Waals surface area contributed by atoms with Crippen LogP contribution in [0.25, 0.3) is 0 Å². The molecule has 0 unspecified atom stereocenters. The Morgan fingerprint density at radius 2 is 2.00 bits per heavy atom. The molecule has 1 atom stereocenters. The molecule has 1 aromatic carbocycles. The van der Waals surface area contributed by atoms with Gasteiger partial charge in [0, 0.05) is 19.1 Å². The highest BCUT2D eigenvalue weighted by atomic mass is 14.9. The molecule has 1 rings (SSSR count). The maximum atomic E-state index is 5.39. The molecule has 0 aliphatic rings. The standard InChI is InChI=1S/C10H16N2/c1-9(12-8-7-11)10-5-3-2-4-6-10/h2-6,9,12H,7-8,11H2,1H3/t9-/m1/s1. The van der Waals surface area contributed by atoms with E-state index in [9.17, 15) is 0 Å². The van der Waals surface area contributed by atoms with Crippen LogP contribution in [0, 0.1) is 0 Å². The van der Waals surface area contributed by atoms with E-state index in [0.717, 1.165) is 6.54 Å². The van der Waals surface area contributed by atoms with Crippen molar-refractivity contribution in [3.05, 3.63) is 35.9 Å². The molecule has 1 aromatic rings. The Bertz CT molecular complexity index is 208. The predicted molar refractivity (Wildman–Crippen MR) is 51.9 cm³/mol. The third kappa shape index (κ3) is 2.64. The van der Waals surface area contributed by atoms with Gasteiger partial charge in [0.05, 0.1) is 0 Å². The van der Waals surface area contributed by atoms with Crippen LogP contribution < -0.4 is 11.1 Å². The minimum atomic E-state index is 0.398. The van der Waals surface area contributed by atoms with E-state index < -0.39 is 0 Å². The molecule has 0 fully saturated rings. The fourth-order valence-electron chi connectivity index (χ4n) is 1.16. The summed E-state index contributed by atoms with van der Waals surface area (Å²) in [5, 5.41) is 3.32. The maximum Gasteiger partial charge on any atom is 0.0292 e. The zero-order chi connectivity index (χ0) is 8.81. The molecule has 0 aromatic heterocycles. The van der Waals surface area contributed by atoms with E-state index in [1.54, 1.807) is 0 Å². The van der Waals surface area contributed by atoms with Gasteiger partial charge in [0.1, 0.15) is 0 Å². The van der Waals surface area contributed by atoms with E-state index in [-0.39, 0.29) is 0 Å². The number of benzene rings is 1. The second-order valence-corrected chi connectivity index (χ2v) is 2.88. The SMILES string of the molecule is C[C@@H](NCCN)c1ccccc1. The minimum absolute atomic E-state index is 0.398. The van der Waals surface area contributed by atoms with Crippen LogP contribution >= 0.6 is 0 Å². The first kappa shape index (κ1) is 9.23. The zero-order valence-corrected chi connectivity index (χ0v) is 7.46. The summed E-state index contributed by atoms with van der Waals surface area (Å²) < 4.78 is 0. The molecular weight excluding hydrogens is 148 g/mol. The van der Waals surface area contributed by atoms with Gasteiger partial charge >= 0.3 is 0 Å². The topological polar surface area (TPSA) is 38.0 Å². The smallest absolute Gasteiger partial charge is 0.0292 e. The Labute approximate surface area is 73.8 Å². The molecule has 66 valence electrons. The second-order valence-electron chi connectivity index (χ2n) is 2.88. The van der Waals surface area contributed by atoms with E-state index in [2.05, 4.69) is 36.5 Å². The molecule has 12 heavy (non-hydrogen) atoms. The number of nitrogens with two attached hydrogens (primary N) is 1. The average Bonchev–Trinajstić information content (AvgIpc) is 2.15. The van der Waals surface area contributed by atoms with Crippen molar-refractivity contribution >= 4 is 0 Å². The average molecular weight is 164 g/mol. The fraction of sp³-hybridized carbons (Fsp3) is 0.400. The summed E-state index contributed by atoms with van der Waals surface area (Å²) in [7, 11) is 0. The van der Waals surface area contributed by atoms with E-state index >= 15 is 0 Å². The van der Waals surface area contributed by atoms with Gasteiger partial charge in [-0.25, -0.2) is 0 Å². The molecule has 0 spiro atoms. The molecule has 0 amide bonds. The Morgan fingerprint density at radius 3 is 2.58 bits per heavy atom. The van der Waals surface area contributed by atoms with Crippen molar-refractivity contribution in [2.45, 2.75) is 13.0 Å². The number of hydrogen-bond donors (Lipinski definition) is 2.